The minimum absolute atomic E-state index is 0.502. The third-order valence-corrected chi connectivity index (χ3v) is 2.18. The maximum absolute atomic E-state index is 10.3. The van der Waals surface area contributed by atoms with Crippen LogP contribution in [0.4, 0.5) is 16.3 Å². The van der Waals surface area contributed by atoms with Gasteiger partial charge < -0.3 is 10.0 Å². The Hall–Kier alpha value is -1.78. The summed E-state index contributed by atoms with van der Waals surface area (Å²) in [6.07, 6.45) is 1.67. The molecule has 1 amide bonds. The van der Waals surface area contributed by atoms with E-state index in [1.165, 1.54) is 12.6 Å². The van der Waals surface area contributed by atoms with Crippen molar-refractivity contribution in [3.8, 4) is 0 Å². The molecular formula is C9H11N3O2. The Bertz CT molecular complexity index is 332. The molecule has 0 aromatic carbocycles. The van der Waals surface area contributed by atoms with Crippen LogP contribution in [-0.2, 0) is 0 Å². The molecule has 0 unspecified atom stereocenters. The predicted octanol–water partition coefficient (Wildman–Crippen LogP) is 1.38. The molecule has 1 saturated heterocycles. The van der Waals surface area contributed by atoms with Gasteiger partial charge in [-0.2, -0.15) is 0 Å². The van der Waals surface area contributed by atoms with Crippen molar-refractivity contribution in [1.82, 2.24) is 4.98 Å². The zero-order valence-corrected chi connectivity index (χ0v) is 7.60. The average molecular weight is 193 g/mol. The van der Waals surface area contributed by atoms with Crippen molar-refractivity contribution in [3.63, 3.8) is 0 Å². The van der Waals surface area contributed by atoms with E-state index in [4.69, 9.17) is 5.11 Å². The second-order valence-corrected chi connectivity index (χ2v) is 3.18. The Morgan fingerprint density at radius 3 is 2.71 bits per heavy atom. The number of hydrogen-bond donors (Lipinski definition) is 2. The number of nitrogens with zero attached hydrogens (tertiary/aromatic N) is 2. The smallest absolute Gasteiger partial charge is 0.409 e. The van der Waals surface area contributed by atoms with Gasteiger partial charge in [0.05, 0.1) is 11.9 Å². The minimum Gasteiger partial charge on any atom is -0.465 e. The molecule has 1 aliphatic heterocycles. The highest BCUT2D eigenvalue weighted by Crippen LogP contribution is 2.18. The molecule has 14 heavy (non-hydrogen) atoms. The molecule has 0 aliphatic carbocycles. The standard InChI is InChI=1S/C9H11N3O2/c13-9(14)11-7-2-3-8(10-6-7)12-4-1-5-12/h2-3,6,11H,1,4-5H2,(H,13,14). The van der Waals surface area contributed by atoms with E-state index in [-0.39, 0.29) is 0 Å². The molecule has 2 heterocycles. The fourth-order valence-corrected chi connectivity index (χ4v) is 1.32. The summed E-state index contributed by atoms with van der Waals surface area (Å²) < 4.78 is 0. The molecule has 0 spiro atoms. The minimum atomic E-state index is -1.07. The molecule has 0 saturated carbocycles. The van der Waals surface area contributed by atoms with Gasteiger partial charge in [0.15, 0.2) is 0 Å². The van der Waals surface area contributed by atoms with E-state index in [1.807, 2.05) is 6.07 Å². The van der Waals surface area contributed by atoms with E-state index < -0.39 is 6.09 Å². The molecule has 2 N–H and O–H groups in total. The first-order valence-corrected chi connectivity index (χ1v) is 4.46. The van der Waals surface area contributed by atoms with E-state index in [9.17, 15) is 4.79 Å². The highest BCUT2D eigenvalue weighted by atomic mass is 16.4. The summed E-state index contributed by atoms with van der Waals surface area (Å²) in [6, 6.07) is 3.54. The van der Waals surface area contributed by atoms with Gasteiger partial charge in [-0.25, -0.2) is 9.78 Å². The Morgan fingerprint density at radius 2 is 2.29 bits per heavy atom. The quantitative estimate of drug-likeness (QED) is 0.744. The van der Waals surface area contributed by atoms with Crippen LogP contribution < -0.4 is 10.2 Å². The van der Waals surface area contributed by atoms with Crippen LogP contribution in [0.15, 0.2) is 18.3 Å². The van der Waals surface area contributed by atoms with Crippen LogP contribution >= 0.6 is 0 Å². The van der Waals surface area contributed by atoms with E-state index in [0.29, 0.717) is 5.69 Å². The van der Waals surface area contributed by atoms with Gasteiger partial charge in [0.1, 0.15) is 5.82 Å². The third kappa shape index (κ3) is 1.76. The van der Waals surface area contributed by atoms with Gasteiger partial charge in [-0.3, -0.25) is 5.32 Å². The van der Waals surface area contributed by atoms with Crippen LogP contribution in [0.3, 0.4) is 0 Å². The molecule has 2 rings (SSSR count). The van der Waals surface area contributed by atoms with Gasteiger partial charge in [0.2, 0.25) is 0 Å². The lowest BCUT2D eigenvalue weighted by Crippen LogP contribution is -2.37. The van der Waals surface area contributed by atoms with Crippen LogP contribution in [0.25, 0.3) is 0 Å². The highest BCUT2D eigenvalue weighted by molar-refractivity contribution is 5.82. The summed E-state index contributed by atoms with van der Waals surface area (Å²) in [5, 5.41) is 10.7. The van der Waals surface area contributed by atoms with Gasteiger partial charge in [0, 0.05) is 13.1 Å². The summed E-state index contributed by atoms with van der Waals surface area (Å²) in [6.45, 7) is 2.08. The Kier molecular flexibility index (Phi) is 2.22. The van der Waals surface area contributed by atoms with Crippen molar-refractivity contribution in [2.75, 3.05) is 23.3 Å². The van der Waals surface area contributed by atoms with Crippen molar-refractivity contribution < 1.29 is 9.90 Å². The Balaban J connectivity index is 2.05. The largest absolute Gasteiger partial charge is 0.465 e. The van der Waals surface area contributed by atoms with E-state index in [1.54, 1.807) is 6.07 Å². The number of aromatic nitrogens is 1. The first-order valence-electron chi connectivity index (χ1n) is 4.46. The van der Waals surface area contributed by atoms with E-state index >= 15 is 0 Å². The first-order chi connectivity index (χ1) is 6.75. The van der Waals surface area contributed by atoms with Crippen LogP contribution in [0.1, 0.15) is 6.42 Å². The highest BCUT2D eigenvalue weighted by Gasteiger charge is 2.14. The van der Waals surface area contributed by atoms with E-state index in [2.05, 4.69) is 15.2 Å². The van der Waals surface area contributed by atoms with Crippen LogP contribution in [0, 0.1) is 0 Å². The number of rotatable bonds is 2. The van der Waals surface area contributed by atoms with Crippen molar-refractivity contribution in [3.05, 3.63) is 18.3 Å². The number of hydrogen-bond acceptors (Lipinski definition) is 3. The van der Waals surface area contributed by atoms with Gasteiger partial charge in [-0.05, 0) is 18.6 Å². The van der Waals surface area contributed by atoms with Crippen LogP contribution in [0.2, 0.25) is 0 Å². The van der Waals surface area contributed by atoms with Gasteiger partial charge in [-0.15, -0.1) is 0 Å². The van der Waals surface area contributed by atoms with Crippen LogP contribution in [0.5, 0.6) is 0 Å². The summed E-state index contributed by atoms with van der Waals surface area (Å²) >= 11 is 0. The van der Waals surface area contributed by atoms with Crippen molar-refractivity contribution in [1.29, 1.82) is 0 Å². The molecule has 0 bridgehead atoms. The zero-order chi connectivity index (χ0) is 9.97. The molecule has 1 fully saturated rings. The molecule has 1 aromatic rings. The number of pyridine rings is 1. The average Bonchev–Trinajstić information content (AvgIpc) is 2.04. The molecule has 0 radical (unpaired) electrons. The fourth-order valence-electron chi connectivity index (χ4n) is 1.32. The summed E-state index contributed by atoms with van der Waals surface area (Å²) in [7, 11) is 0. The number of nitrogens with one attached hydrogen (secondary N) is 1. The van der Waals surface area contributed by atoms with Crippen molar-refractivity contribution >= 4 is 17.6 Å². The molecular weight excluding hydrogens is 182 g/mol. The molecule has 5 nitrogen and oxygen atoms in total. The lowest BCUT2D eigenvalue weighted by atomic mass is 10.2. The fraction of sp³-hybridized carbons (Fsp3) is 0.333. The normalized spacial score (nSPS) is 14.7. The predicted molar refractivity (Wildman–Crippen MR) is 52.7 cm³/mol. The zero-order valence-electron chi connectivity index (χ0n) is 7.60. The third-order valence-electron chi connectivity index (χ3n) is 2.18. The Labute approximate surface area is 81.4 Å². The van der Waals surface area contributed by atoms with Gasteiger partial charge >= 0.3 is 6.09 Å². The summed E-state index contributed by atoms with van der Waals surface area (Å²) in [4.78, 5) is 16.6. The summed E-state index contributed by atoms with van der Waals surface area (Å²) in [5.74, 6) is 0.909. The molecule has 1 aromatic heterocycles. The maximum atomic E-state index is 10.3. The Morgan fingerprint density at radius 1 is 1.50 bits per heavy atom. The summed E-state index contributed by atoms with van der Waals surface area (Å²) in [5.41, 5.74) is 0.502. The number of anilines is 2. The maximum Gasteiger partial charge on any atom is 0.409 e. The molecule has 5 heteroatoms. The molecule has 74 valence electrons. The van der Waals surface area contributed by atoms with Crippen LogP contribution in [-0.4, -0.2) is 29.3 Å². The van der Waals surface area contributed by atoms with Gasteiger partial charge in [0.25, 0.3) is 0 Å². The molecule has 1 aliphatic rings. The lowest BCUT2D eigenvalue weighted by molar-refractivity contribution is 0.209. The van der Waals surface area contributed by atoms with Crippen molar-refractivity contribution in [2.24, 2.45) is 0 Å². The SMILES string of the molecule is O=C(O)Nc1ccc(N2CCC2)nc1. The number of amides is 1. The number of carboxylic acid groups (broad SMARTS) is 1. The second-order valence-electron chi connectivity index (χ2n) is 3.18. The number of carbonyl (C=O) groups is 1. The lowest BCUT2D eigenvalue weighted by Gasteiger charge is -2.31. The monoisotopic (exact) mass is 193 g/mol. The first kappa shape index (κ1) is 8.80. The van der Waals surface area contributed by atoms with Gasteiger partial charge in [-0.1, -0.05) is 0 Å². The van der Waals surface area contributed by atoms with E-state index in [0.717, 1.165) is 18.9 Å². The van der Waals surface area contributed by atoms with Crippen molar-refractivity contribution in [2.45, 2.75) is 6.42 Å². The second kappa shape index (κ2) is 3.53. The molecule has 0 atom stereocenters. The topological polar surface area (TPSA) is 65.5 Å².